The molecule has 1 aliphatic carbocycles. The van der Waals surface area contributed by atoms with Gasteiger partial charge in [0.2, 0.25) is 0 Å². The largest absolute Gasteiger partial charge is 0.313 e. The third-order valence-electron chi connectivity index (χ3n) is 3.64. The van der Waals surface area contributed by atoms with E-state index in [9.17, 15) is 0 Å². The number of hydrogen-bond donors (Lipinski definition) is 1. The fourth-order valence-electron chi connectivity index (χ4n) is 2.42. The van der Waals surface area contributed by atoms with Crippen LogP contribution in [0, 0.1) is 11.8 Å². The van der Waals surface area contributed by atoms with E-state index in [1.165, 1.54) is 18.4 Å². The zero-order valence-electron chi connectivity index (χ0n) is 10.6. The van der Waals surface area contributed by atoms with Crippen molar-refractivity contribution in [3.05, 3.63) is 29.0 Å². The van der Waals surface area contributed by atoms with Gasteiger partial charge in [-0.25, -0.2) is 0 Å². The number of halogens is 1. The number of nitrogens with one attached hydrogen (secondary N) is 1. The first-order chi connectivity index (χ1) is 8.22. The predicted octanol–water partition coefficient (Wildman–Crippen LogP) is 3.30. The molecule has 0 spiro atoms. The molecule has 3 unspecified atom stereocenters. The molecule has 0 saturated heterocycles. The van der Waals surface area contributed by atoms with Crippen LogP contribution in [0.5, 0.6) is 0 Å². The van der Waals surface area contributed by atoms with Gasteiger partial charge in [-0.2, -0.15) is 0 Å². The molecule has 2 rings (SSSR count). The van der Waals surface area contributed by atoms with Gasteiger partial charge in [0.15, 0.2) is 0 Å². The second kappa shape index (κ2) is 5.83. The number of pyridine rings is 1. The lowest BCUT2D eigenvalue weighted by atomic mass is 10.0. The fourth-order valence-corrected chi connectivity index (χ4v) is 2.62. The highest BCUT2D eigenvalue weighted by Gasteiger charge is 2.39. The van der Waals surface area contributed by atoms with E-state index in [4.69, 9.17) is 11.6 Å². The third kappa shape index (κ3) is 3.43. The van der Waals surface area contributed by atoms with Crippen molar-refractivity contribution in [2.24, 2.45) is 11.8 Å². The fraction of sp³-hybridized carbons (Fsp3) is 0.643. The van der Waals surface area contributed by atoms with Crippen LogP contribution in [0.25, 0.3) is 0 Å². The monoisotopic (exact) mass is 252 g/mol. The molecular weight excluding hydrogens is 232 g/mol. The predicted molar refractivity (Wildman–Crippen MR) is 72.3 cm³/mol. The van der Waals surface area contributed by atoms with E-state index in [2.05, 4.69) is 24.1 Å². The molecule has 3 atom stereocenters. The molecule has 1 fully saturated rings. The summed E-state index contributed by atoms with van der Waals surface area (Å²) in [5.74, 6) is 1.69. The Kier molecular flexibility index (Phi) is 4.41. The molecule has 0 radical (unpaired) electrons. The molecule has 0 bridgehead atoms. The first-order valence-electron chi connectivity index (χ1n) is 6.54. The molecule has 17 heavy (non-hydrogen) atoms. The van der Waals surface area contributed by atoms with Crippen molar-refractivity contribution in [2.75, 3.05) is 6.54 Å². The van der Waals surface area contributed by atoms with Gasteiger partial charge in [-0.3, -0.25) is 4.98 Å². The van der Waals surface area contributed by atoms with E-state index in [0.717, 1.165) is 29.8 Å². The second-order valence-electron chi connectivity index (χ2n) is 5.11. The van der Waals surface area contributed by atoms with Crippen molar-refractivity contribution < 1.29 is 0 Å². The second-order valence-corrected chi connectivity index (χ2v) is 5.52. The van der Waals surface area contributed by atoms with Gasteiger partial charge < -0.3 is 5.32 Å². The Morgan fingerprint density at radius 2 is 2.35 bits per heavy atom. The van der Waals surface area contributed by atoms with Crippen molar-refractivity contribution in [3.63, 3.8) is 0 Å². The zero-order chi connectivity index (χ0) is 12.3. The minimum atomic E-state index is 0.574. The molecule has 94 valence electrons. The molecular formula is C14H21ClN2. The van der Waals surface area contributed by atoms with Gasteiger partial charge in [0.05, 0.1) is 5.02 Å². The van der Waals surface area contributed by atoms with Crippen LogP contribution in [0.15, 0.2) is 18.5 Å². The molecule has 1 heterocycles. The average Bonchev–Trinajstić information content (AvgIpc) is 3.04. The maximum atomic E-state index is 6.17. The molecule has 0 amide bonds. The summed E-state index contributed by atoms with van der Waals surface area (Å²) in [7, 11) is 0. The third-order valence-corrected chi connectivity index (χ3v) is 3.98. The van der Waals surface area contributed by atoms with Crippen LogP contribution in [0.3, 0.4) is 0 Å². The molecule has 1 N–H and O–H groups in total. The molecule has 3 heteroatoms. The van der Waals surface area contributed by atoms with E-state index in [1.54, 1.807) is 6.20 Å². The first-order valence-corrected chi connectivity index (χ1v) is 6.92. The van der Waals surface area contributed by atoms with E-state index in [-0.39, 0.29) is 0 Å². The Morgan fingerprint density at radius 1 is 1.59 bits per heavy atom. The highest BCUT2D eigenvalue weighted by atomic mass is 35.5. The minimum Gasteiger partial charge on any atom is -0.313 e. The summed E-state index contributed by atoms with van der Waals surface area (Å²) in [5, 5.41) is 4.45. The molecule has 0 aromatic carbocycles. The molecule has 2 nitrogen and oxygen atoms in total. The number of hydrogen-bond acceptors (Lipinski definition) is 2. The highest BCUT2D eigenvalue weighted by molar-refractivity contribution is 6.31. The first kappa shape index (κ1) is 12.8. The Hall–Kier alpha value is -0.600. The van der Waals surface area contributed by atoms with Crippen LogP contribution in [0.1, 0.15) is 32.3 Å². The molecule has 1 saturated carbocycles. The lowest BCUT2D eigenvalue weighted by molar-refractivity contribution is 0.443. The van der Waals surface area contributed by atoms with E-state index >= 15 is 0 Å². The maximum Gasteiger partial charge on any atom is 0.0621 e. The Morgan fingerprint density at radius 3 is 2.94 bits per heavy atom. The van der Waals surface area contributed by atoms with Gasteiger partial charge >= 0.3 is 0 Å². The standard InChI is InChI=1S/C14H21ClN2/c1-3-5-17-14(12-7-10(12)2)8-11-4-6-16-9-13(11)15/h4,6,9-10,12,14,17H,3,5,7-8H2,1-2H3. The van der Waals surface area contributed by atoms with Gasteiger partial charge in [0.1, 0.15) is 0 Å². The summed E-state index contributed by atoms with van der Waals surface area (Å²) in [6.07, 6.45) is 7.13. The van der Waals surface area contributed by atoms with Crippen LogP contribution in [0.4, 0.5) is 0 Å². The minimum absolute atomic E-state index is 0.574. The number of aromatic nitrogens is 1. The Bertz CT molecular complexity index is 367. The molecule has 1 aromatic heterocycles. The van der Waals surface area contributed by atoms with Crippen molar-refractivity contribution >= 4 is 11.6 Å². The zero-order valence-corrected chi connectivity index (χ0v) is 11.4. The summed E-state index contributed by atoms with van der Waals surface area (Å²) >= 11 is 6.17. The average molecular weight is 253 g/mol. The van der Waals surface area contributed by atoms with Crippen LogP contribution in [-0.4, -0.2) is 17.6 Å². The molecule has 0 aliphatic heterocycles. The van der Waals surface area contributed by atoms with Crippen molar-refractivity contribution in [3.8, 4) is 0 Å². The highest BCUT2D eigenvalue weighted by Crippen LogP contribution is 2.41. The van der Waals surface area contributed by atoms with Crippen molar-refractivity contribution in [2.45, 2.75) is 39.2 Å². The SMILES string of the molecule is CCCNC(Cc1ccncc1Cl)C1CC1C. The van der Waals surface area contributed by atoms with Gasteiger partial charge in [0, 0.05) is 18.4 Å². The normalized spacial score (nSPS) is 24.6. The van der Waals surface area contributed by atoms with Gasteiger partial charge in [-0.1, -0.05) is 25.4 Å². The molecule has 1 aliphatic rings. The van der Waals surface area contributed by atoms with Crippen molar-refractivity contribution in [1.82, 2.24) is 10.3 Å². The summed E-state index contributed by atoms with van der Waals surface area (Å²) < 4.78 is 0. The number of nitrogens with zero attached hydrogens (tertiary/aromatic N) is 1. The maximum absolute atomic E-state index is 6.17. The van der Waals surface area contributed by atoms with E-state index in [1.807, 2.05) is 12.3 Å². The van der Waals surface area contributed by atoms with Crippen LogP contribution < -0.4 is 5.32 Å². The molecule has 1 aromatic rings. The quantitative estimate of drug-likeness (QED) is 0.840. The number of rotatable bonds is 6. The summed E-state index contributed by atoms with van der Waals surface area (Å²) in [6, 6.07) is 2.61. The summed E-state index contributed by atoms with van der Waals surface area (Å²) in [6.45, 7) is 5.63. The van der Waals surface area contributed by atoms with E-state index in [0.29, 0.717) is 6.04 Å². The van der Waals surface area contributed by atoms with Gasteiger partial charge in [-0.05, 0) is 49.3 Å². The van der Waals surface area contributed by atoms with Crippen LogP contribution in [-0.2, 0) is 6.42 Å². The lowest BCUT2D eigenvalue weighted by Crippen LogP contribution is -2.34. The van der Waals surface area contributed by atoms with Crippen LogP contribution >= 0.6 is 11.6 Å². The Labute approximate surface area is 109 Å². The lowest BCUT2D eigenvalue weighted by Gasteiger charge is -2.19. The summed E-state index contributed by atoms with van der Waals surface area (Å²) in [4.78, 5) is 4.04. The van der Waals surface area contributed by atoms with Crippen LogP contribution in [0.2, 0.25) is 5.02 Å². The summed E-state index contributed by atoms with van der Waals surface area (Å²) in [5.41, 5.74) is 1.22. The van der Waals surface area contributed by atoms with E-state index < -0.39 is 0 Å². The Balaban J connectivity index is 1.99. The topological polar surface area (TPSA) is 24.9 Å². The van der Waals surface area contributed by atoms with Gasteiger partial charge in [-0.15, -0.1) is 0 Å². The van der Waals surface area contributed by atoms with Gasteiger partial charge in [0.25, 0.3) is 0 Å². The van der Waals surface area contributed by atoms with Crippen molar-refractivity contribution in [1.29, 1.82) is 0 Å². The smallest absolute Gasteiger partial charge is 0.0621 e.